The van der Waals surface area contributed by atoms with Crippen LogP contribution >= 0.6 is 24.0 Å². The van der Waals surface area contributed by atoms with Crippen LogP contribution in [0, 0.1) is 0 Å². The molecule has 1 aromatic rings. The van der Waals surface area contributed by atoms with Crippen molar-refractivity contribution in [1.82, 2.24) is 10.6 Å². The largest absolute Gasteiger partial charge is 0.357 e. The number of aliphatic imine (C=N–C) groups is 1. The number of rotatable bonds is 9. The second-order valence-electron chi connectivity index (χ2n) is 6.79. The van der Waals surface area contributed by atoms with Gasteiger partial charge in [0.1, 0.15) is 0 Å². The summed E-state index contributed by atoms with van der Waals surface area (Å²) in [6.45, 7) is 11.9. The minimum absolute atomic E-state index is 0. The zero-order valence-electron chi connectivity index (χ0n) is 16.6. The monoisotopic (exact) mass is 495 g/mol. The van der Waals surface area contributed by atoms with E-state index in [0.717, 1.165) is 13.0 Å². The van der Waals surface area contributed by atoms with Gasteiger partial charge in [0.2, 0.25) is 0 Å². The van der Waals surface area contributed by atoms with Crippen LogP contribution in [0.25, 0.3) is 0 Å². The van der Waals surface area contributed by atoms with Crippen molar-refractivity contribution in [2.75, 3.05) is 31.1 Å². The van der Waals surface area contributed by atoms with E-state index in [9.17, 15) is 8.42 Å². The quantitative estimate of drug-likeness (QED) is 0.314. The Morgan fingerprint density at radius 2 is 1.69 bits per heavy atom. The molecule has 0 aromatic heterocycles. The first-order valence-electron chi connectivity index (χ1n) is 9.06. The van der Waals surface area contributed by atoms with Gasteiger partial charge in [-0.15, -0.1) is 24.0 Å². The standard InChI is InChI=1S/C19H33N3O2S.HI/c1-6-16-9-11-17(12-10-16)19(4,5)15-22-18(20-7-2)21-13-14-25(23,24)8-3;/h9-12H,6-8,13-15H2,1-5H3,(H2,20,21,22);1H. The van der Waals surface area contributed by atoms with Crippen LogP contribution in [0.15, 0.2) is 29.3 Å². The van der Waals surface area contributed by atoms with Gasteiger partial charge in [-0.25, -0.2) is 8.42 Å². The molecule has 0 aliphatic carbocycles. The van der Waals surface area contributed by atoms with Gasteiger partial charge < -0.3 is 10.6 Å². The number of nitrogens with zero attached hydrogens (tertiary/aromatic N) is 1. The summed E-state index contributed by atoms with van der Waals surface area (Å²) in [6.07, 6.45) is 1.04. The van der Waals surface area contributed by atoms with E-state index in [-0.39, 0.29) is 40.9 Å². The molecule has 0 heterocycles. The normalized spacial score (nSPS) is 12.4. The highest BCUT2D eigenvalue weighted by Gasteiger charge is 2.20. The molecule has 7 heteroatoms. The molecule has 0 aliphatic rings. The zero-order valence-corrected chi connectivity index (χ0v) is 19.8. The SMILES string of the molecule is CCNC(=NCC(C)(C)c1ccc(CC)cc1)NCCS(=O)(=O)CC.I. The molecule has 1 rings (SSSR count). The van der Waals surface area contributed by atoms with Crippen molar-refractivity contribution in [3.8, 4) is 0 Å². The van der Waals surface area contributed by atoms with Gasteiger partial charge in [0.25, 0.3) is 0 Å². The van der Waals surface area contributed by atoms with Crippen molar-refractivity contribution < 1.29 is 8.42 Å². The van der Waals surface area contributed by atoms with Crippen LogP contribution in [0.4, 0.5) is 0 Å². The Labute approximate surface area is 176 Å². The predicted octanol–water partition coefficient (Wildman–Crippen LogP) is 3.13. The van der Waals surface area contributed by atoms with Gasteiger partial charge in [0.05, 0.1) is 12.3 Å². The molecule has 0 aliphatic heterocycles. The molecule has 0 fully saturated rings. The minimum atomic E-state index is -2.97. The van der Waals surface area contributed by atoms with E-state index in [1.165, 1.54) is 11.1 Å². The van der Waals surface area contributed by atoms with E-state index in [0.29, 0.717) is 19.0 Å². The van der Waals surface area contributed by atoms with Gasteiger partial charge in [-0.3, -0.25) is 4.99 Å². The van der Waals surface area contributed by atoms with E-state index >= 15 is 0 Å². The molecule has 0 radical (unpaired) electrons. The van der Waals surface area contributed by atoms with Gasteiger partial charge in [-0.05, 0) is 24.5 Å². The number of guanidine groups is 1. The van der Waals surface area contributed by atoms with Crippen molar-refractivity contribution in [2.24, 2.45) is 4.99 Å². The maximum absolute atomic E-state index is 11.6. The Balaban J connectivity index is 0.00000625. The first kappa shape index (κ1) is 25.2. The van der Waals surface area contributed by atoms with E-state index in [2.05, 4.69) is 60.7 Å². The zero-order chi connectivity index (χ0) is 18.9. The van der Waals surface area contributed by atoms with Crippen molar-refractivity contribution in [3.05, 3.63) is 35.4 Å². The average Bonchev–Trinajstić information content (AvgIpc) is 2.59. The lowest BCUT2D eigenvalue weighted by molar-refractivity contribution is 0.537. The molecule has 0 bridgehead atoms. The van der Waals surface area contributed by atoms with Gasteiger partial charge >= 0.3 is 0 Å². The Bertz CT molecular complexity index is 656. The number of hydrogen-bond donors (Lipinski definition) is 2. The summed E-state index contributed by atoms with van der Waals surface area (Å²) < 4.78 is 23.2. The van der Waals surface area contributed by atoms with Crippen molar-refractivity contribution >= 4 is 39.8 Å². The first-order valence-corrected chi connectivity index (χ1v) is 10.9. The molecule has 0 spiro atoms. The molecule has 0 atom stereocenters. The van der Waals surface area contributed by atoms with E-state index in [4.69, 9.17) is 0 Å². The van der Waals surface area contributed by atoms with Crippen LogP contribution in [0.3, 0.4) is 0 Å². The topological polar surface area (TPSA) is 70.6 Å². The van der Waals surface area contributed by atoms with Crippen LogP contribution in [0.1, 0.15) is 45.7 Å². The van der Waals surface area contributed by atoms with Crippen LogP contribution in [0.2, 0.25) is 0 Å². The van der Waals surface area contributed by atoms with Crippen molar-refractivity contribution in [2.45, 2.75) is 46.5 Å². The highest BCUT2D eigenvalue weighted by atomic mass is 127. The van der Waals surface area contributed by atoms with Gasteiger partial charge in [-0.1, -0.05) is 52.0 Å². The smallest absolute Gasteiger partial charge is 0.191 e. The maximum Gasteiger partial charge on any atom is 0.191 e. The fourth-order valence-corrected chi connectivity index (χ4v) is 3.07. The third-order valence-corrected chi connectivity index (χ3v) is 5.97. The summed E-state index contributed by atoms with van der Waals surface area (Å²) in [4.78, 5) is 4.65. The summed E-state index contributed by atoms with van der Waals surface area (Å²) in [6, 6.07) is 8.67. The summed E-state index contributed by atoms with van der Waals surface area (Å²) in [7, 11) is -2.97. The molecule has 0 amide bonds. The van der Waals surface area contributed by atoms with Gasteiger partial charge in [-0.2, -0.15) is 0 Å². The van der Waals surface area contributed by atoms with Crippen LogP contribution in [-0.2, 0) is 21.7 Å². The molecule has 2 N–H and O–H groups in total. The van der Waals surface area contributed by atoms with Gasteiger partial charge in [0, 0.05) is 24.3 Å². The van der Waals surface area contributed by atoms with E-state index in [1.807, 2.05) is 6.92 Å². The Hall–Kier alpha value is -0.830. The molecular weight excluding hydrogens is 461 g/mol. The average molecular weight is 495 g/mol. The highest BCUT2D eigenvalue weighted by molar-refractivity contribution is 14.0. The summed E-state index contributed by atoms with van der Waals surface area (Å²) in [5.41, 5.74) is 2.48. The van der Waals surface area contributed by atoms with Crippen molar-refractivity contribution in [3.63, 3.8) is 0 Å². The lowest BCUT2D eigenvalue weighted by atomic mass is 9.84. The number of halogens is 1. The van der Waals surface area contributed by atoms with Crippen molar-refractivity contribution in [1.29, 1.82) is 0 Å². The fourth-order valence-electron chi connectivity index (χ4n) is 2.37. The molecule has 1 aromatic carbocycles. The second kappa shape index (κ2) is 11.8. The maximum atomic E-state index is 11.6. The first-order chi connectivity index (χ1) is 11.7. The Kier molecular flexibility index (Phi) is 11.4. The van der Waals surface area contributed by atoms with Gasteiger partial charge in [0.15, 0.2) is 15.8 Å². The molecule has 0 unspecified atom stereocenters. The molecule has 0 saturated carbocycles. The van der Waals surface area contributed by atoms with Crippen LogP contribution in [0.5, 0.6) is 0 Å². The van der Waals surface area contributed by atoms with Crippen LogP contribution < -0.4 is 10.6 Å². The molecule has 150 valence electrons. The lowest BCUT2D eigenvalue weighted by Crippen LogP contribution is -2.40. The lowest BCUT2D eigenvalue weighted by Gasteiger charge is -2.24. The summed E-state index contributed by atoms with van der Waals surface area (Å²) >= 11 is 0. The highest BCUT2D eigenvalue weighted by Crippen LogP contribution is 2.24. The molecule has 5 nitrogen and oxygen atoms in total. The number of benzene rings is 1. The molecular formula is C19H34IN3O2S. The third-order valence-electron chi connectivity index (χ3n) is 4.27. The minimum Gasteiger partial charge on any atom is -0.357 e. The fraction of sp³-hybridized carbons (Fsp3) is 0.632. The number of aryl methyl sites for hydroxylation is 1. The summed E-state index contributed by atoms with van der Waals surface area (Å²) in [5.74, 6) is 0.950. The summed E-state index contributed by atoms with van der Waals surface area (Å²) in [5, 5.41) is 6.29. The number of sulfone groups is 1. The Morgan fingerprint density at radius 1 is 1.08 bits per heavy atom. The third kappa shape index (κ3) is 8.70. The second-order valence-corrected chi connectivity index (χ2v) is 9.27. The Morgan fingerprint density at radius 3 is 2.19 bits per heavy atom. The van der Waals surface area contributed by atoms with E-state index in [1.54, 1.807) is 6.92 Å². The number of hydrogen-bond acceptors (Lipinski definition) is 3. The van der Waals surface area contributed by atoms with E-state index < -0.39 is 9.84 Å². The predicted molar refractivity (Wildman–Crippen MR) is 123 cm³/mol. The molecule has 0 saturated heterocycles. The number of nitrogens with one attached hydrogen (secondary N) is 2. The molecule has 26 heavy (non-hydrogen) atoms. The van der Waals surface area contributed by atoms with Crippen LogP contribution in [-0.4, -0.2) is 45.5 Å².